The fourth-order valence-corrected chi connectivity index (χ4v) is 2.82. The average Bonchev–Trinajstić information content (AvgIpc) is 3.08. The van der Waals surface area contributed by atoms with E-state index in [1.54, 1.807) is 12.3 Å². The van der Waals surface area contributed by atoms with E-state index in [4.69, 9.17) is 0 Å². The molecule has 1 fully saturated rings. The standard InChI is InChI=1S/C18H29FN6O.HI/c1-3-9-21-16(26)7-11-23-18(20-4-2)24-14-8-12-25(13-14)17-15(19)6-5-10-22-17;/h5-6,10,14H,3-4,7-9,11-13H2,1-2H3,(H,21,26)(H2,20,23,24);1H. The fraction of sp³-hybridized carbons (Fsp3) is 0.611. The normalized spacial score (nSPS) is 16.6. The smallest absolute Gasteiger partial charge is 0.221 e. The van der Waals surface area contributed by atoms with Crippen LogP contribution in [0.4, 0.5) is 10.2 Å². The van der Waals surface area contributed by atoms with Crippen LogP contribution >= 0.6 is 24.0 Å². The molecular weight excluding hydrogens is 462 g/mol. The Bertz CT molecular complexity index is 615. The Labute approximate surface area is 177 Å². The van der Waals surface area contributed by atoms with Crippen LogP contribution in [-0.2, 0) is 4.79 Å². The third kappa shape index (κ3) is 7.86. The van der Waals surface area contributed by atoms with Gasteiger partial charge < -0.3 is 20.9 Å². The van der Waals surface area contributed by atoms with Gasteiger partial charge in [-0.05, 0) is 31.9 Å². The van der Waals surface area contributed by atoms with Gasteiger partial charge in [0, 0.05) is 44.8 Å². The van der Waals surface area contributed by atoms with Crippen molar-refractivity contribution in [2.24, 2.45) is 4.99 Å². The van der Waals surface area contributed by atoms with E-state index < -0.39 is 0 Å². The van der Waals surface area contributed by atoms with Crippen LogP contribution in [0.3, 0.4) is 0 Å². The molecule has 27 heavy (non-hydrogen) atoms. The second-order valence-corrected chi connectivity index (χ2v) is 6.25. The number of hydrogen-bond donors (Lipinski definition) is 3. The molecule has 0 aliphatic carbocycles. The Morgan fingerprint density at radius 3 is 2.93 bits per heavy atom. The number of aliphatic imine (C=N–C) groups is 1. The zero-order valence-electron chi connectivity index (χ0n) is 16.0. The maximum atomic E-state index is 13.9. The second-order valence-electron chi connectivity index (χ2n) is 6.25. The Balaban J connectivity index is 0.00000364. The first-order chi connectivity index (χ1) is 12.6. The summed E-state index contributed by atoms with van der Waals surface area (Å²) < 4.78 is 13.9. The van der Waals surface area contributed by atoms with Gasteiger partial charge in [0.25, 0.3) is 0 Å². The lowest BCUT2D eigenvalue weighted by Crippen LogP contribution is -2.44. The molecule has 2 heterocycles. The molecule has 1 unspecified atom stereocenters. The molecule has 2 rings (SSSR count). The molecule has 3 N–H and O–H groups in total. The van der Waals surface area contributed by atoms with Crippen LogP contribution < -0.4 is 20.9 Å². The summed E-state index contributed by atoms with van der Waals surface area (Å²) in [6.45, 7) is 7.28. The number of nitrogens with zero attached hydrogens (tertiary/aromatic N) is 3. The van der Waals surface area contributed by atoms with Crippen molar-refractivity contribution < 1.29 is 9.18 Å². The number of hydrogen-bond acceptors (Lipinski definition) is 4. The third-order valence-corrected chi connectivity index (χ3v) is 4.09. The van der Waals surface area contributed by atoms with Crippen molar-refractivity contribution in [1.82, 2.24) is 20.9 Å². The number of anilines is 1. The van der Waals surface area contributed by atoms with Crippen molar-refractivity contribution in [3.05, 3.63) is 24.1 Å². The van der Waals surface area contributed by atoms with E-state index in [1.165, 1.54) is 6.07 Å². The zero-order chi connectivity index (χ0) is 18.8. The van der Waals surface area contributed by atoms with Crippen LogP contribution in [0.1, 0.15) is 33.1 Å². The van der Waals surface area contributed by atoms with Crippen molar-refractivity contribution in [2.75, 3.05) is 37.6 Å². The van der Waals surface area contributed by atoms with Crippen LogP contribution in [0.15, 0.2) is 23.3 Å². The highest BCUT2D eigenvalue weighted by molar-refractivity contribution is 14.0. The Morgan fingerprint density at radius 2 is 2.22 bits per heavy atom. The van der Waals surface area contributed by atoms with Gasteiger partial charge in [0.15, 0.2) is 17.6 Å². The largest absolute Gasteiger partial charge is 0.357 e. The van der Waals surface area contributed by atoms with E-state index >= 15 is 0 Å². The summed E-state index contributed by atoms with van der Waals surface area (Å²) in [6.07, 6.45) is 3.77. The second kappa shape index (κ2) is 12.7. The first kappa shape index (κ1) is 23.4. The topological polar surface area (TPSA) is 81.6 Å². The van der Waals surface area contributed by atoms with Crippen molar-refractivity contribution in [3.8, 4) is 0 Å². The van der Waals surface area contributed by atoms with Gasteiger partial charge in [-0.25, -0.2) is 9.37 Å². The van der Waals surface area contributed by atoms with Crippen LogP contribution in [0, 0.1) is 5.82 Å². The summed E-state index contributed by atoms with van der Waals surface area (Å²) in [4.78, 5) is 22.2. The van der Waals surface area contributed by atoms with Gasteiger partial charge in [0.2, 0.25) is 5.91 Å². The number of carbonyl (C=O) groups is 1. The fourth-order valence-electron chi connectivity index (χ4n) is 2.82. The number of rotatable bonds is 8. The number of halogens is 2. The molecule has 152 valence electrons. The highest BCUT2D eigenvalue weighted by atomic mass is 127. The molecule has 0 radical (unpaired) electrons. The summed E-state index contributed by atoms with van der Waals surface area (Å²) in [5, 5.41) is 9.40. The molecule has 9 heteroatoms. The molecule has 0 saturated carbocycles. The molecule has 0 bridgehead atoms. The molecule has 7 nitrogen and oxygen atoms in total. The van der Waals surface area contributed by atoms with Crippen molar-refractivity contribution in [3.63, 3.8) is 0 Å². The highest BCUT2D eigenvalue weighted by Gasteiger charge is 2.25. The molecule has 1 aromatic rings. The minimum absolute atomic E-state index is 0. The number of guanidine groups is 1. The van der Waals surface area contributed by atoms with Crippen molar-refractivity contribution >= 4 is 41.7 Å². The summed E-state index contributed by atoms with van der Waals surface area (Å²) in [7, 11) is 0. The summed E-state index contributed by atoms with van der Waals surface area (Å²) in [5.41, 5.74) is 0. The molecule has 1 aliphatic heterocycles. The first-order valence-electron chi connectivity index (χ1n) is 9.31. The van der Waals surface area contributed by atoms with E-state index in [0.717, 1.165) is 25.9 Å². The lowest BCUT2D eigenvalue weighted by molar-refractivity contribution is -0.120. The molecule has 0 spiro atoms. The van der Waals surface area contributed by atoms with Gasteiger partial charge in [-0.15, -0.1) is 24.0 Å². The van der Waals surface area contributed by atoms with Gasteiger partial charge in [-0.1, -0.05) is 6.92 Å². The molecular formula is C18H30FIN6O. The Kier molecular flexibility index (Phi) is 11.0. The number of nitrogens with one attached hydrogen (secondary N) is 3. The van der Waals surface area contributed by atoms with Crippen molar-refractivity contribution in [2.45, 2.75) is 39.2 Å². The zero-order valence-corrected chi connectivity index (χ0v) is 18.3. The van der Waals surface area contributed by atoms with Gasteiger partial charge in [0.05, 0.1) is 6.54 Å². The van der Waals surface area contributed by atoms with Crippen LogP contribution in [0.5, 0.6) is 0 Å². The number of aromatic nitrogens is 1. The third-order valence-electron chi connectivity index (χ3n) is 4.09. The number of pyridine rings is 1. The Morgan fingerprint density at radius 1 is 1.41 bits per heavy atom. The minimum Gasteiger partial charge on any atom is -0.357 e. The van der Waals surface area contributed by atoms with E-state index in [0.29, 0.717) is 37.8 Å². The van der Waals surface area contributed by atoms with Crippen LogP contribution in [0.2, 0.25) is 0 Å². The SMILES string of the molecule is CCCNC(=O)CCN=C(NCC)NC1CCN(c2ncccc2F)C1.I. The summed E-state index contributed by atoms with van der Waals surface area (Å²) in [5.74, 6) is 0.798. The predicted octanol–water partition coefficient (Wildman–Crippen LogP) is 1.89. The van der Waals surface area contributed by atoms with E-state index in [9.17, 15) is 9.18 Å². The average molecular weight is 492 g/mol. The van der Waals surface area contributed by atoms with Gasteiger partial charge in [0.1, 0.15) is 0 Å². The van der Waals surface area contributed by atoms with Crippen molar-refractivity contribution in [1.29, 1.82) is 0 Å². The van der Waals surface area contributed by atoms with Gasteiger partial charge in [-0.2, -0.15) is 0 Å². The molecule has 1 amide bonds. The van der Waals surface area contributed by atoms with Gasteiger partial charge in [-0.3, -0.25) is 9.79 Å². The maximum Gasteiger partial charge on any atom is 0.221 e. The van der Waals surface area contributed by atoms with Gasteiger partial charge >= 0.3 is 0 Å². The molecule has 1 saturated heterocycles. The molecule has 0 aromatic carbocycles. The molecule has 1 aromatic heterocycles. The quantitative estimate of drug-likeness (QED) is 0.294. The first-order valence-corrected chi connectivity index (χ1v) is 9.31. The van der Waals surface area contributed by atoms with Crippen LogP contribution in [-0.4, -0.2) is 55.6 Å². The molecule has 1 aliphatic rings. The van der Waals surface area contributed by atoms with E-state index in [2.05, 4.69) is 25.9 Å². The molecule has 1 atom stereocenters. The Hall–Kier alpha value is -1.65. The number of carbonyl (C=O) groups excluding carboxylic acids is 1. The highest BCUT2D eigenvalue weighted by Crippen LogP contribution is 2.20. The van der Waals surface area contributed by atoms with Crippen LogP contribution in [0.25, 0.3) is 0 Å². The lowest BCUT2D eigenvalue weighted by Gasteiger charge is -2.19. The number of amides is 1. The summed E-state index contributed by atoms with van der Waals surface area (Å²) in [6, 6.07) is 3.18. The lowest BCUT2D eigenvalue weighted by atomic mass is 10.3. The summed E-state index contributed by atoms with van der Waals surface area (Å²) >= 11 is 0. The monoisotopic (exact) mass is 492 g/mol. The minimum atomic E-state index is -0.299. The van der Waals surface area contributed by atoms with E-state index in [-0.39, 0.29) is 41.7 Å². The maximum absolute atomic E-state index is 13.9. The predicted molar refractivity (Wildman–Crippen MR) is 117 cm³/mol. The van der Waals surface area contributed by atoms with E-state index in [1.807, 2.05) is 18.7 Å².